The van der Waals surface area contributed by atoms with Crippen molar-refractivity contribution >= 4 is 5.97 Å². The molecule has 0 aliphatic heterocycles. The molecule has 0 unspecified atom stereocenters. The summed E-state index contributed by atoms with van der Waals surface area (Å²) in [5, 5.41) is 0. The predicted octanol–water partition coefficient (Wildman–Crippen LogP) is 3.63. The Balaban J connectivity index is 1.72. The fourth-order valence-corrected chi connectivity index (χ4v) is 2.68. The zero-order valence-electron chi connectivity index (χ0n) is 10.9. The summed E-state index contributed by atoms with van der Waals surface area (Å²) >= 11 is 0. The van der Waals surface area contributed by atoms with E-state index >= 15 is 0 Å². The smallest absolute Gasteiger partial charge is 0.308 e. The van der Waals surface area contributed by atoms with E-state index in [4.69, 9.17) is 4.74 Å². The maximum absolute atomic E-state index is 11.5. The second kappa shape index (κ2) is 5.52. The third-order valence-electron chi connectivity index (χ3n) is 3.85. The molecule has 0 aromatic heterocycles. The van der Waals surface area contributed by atoms with Crippen molar-refractivity contribution in [3.05, 3.63) is 23.3 Å². The Bertz CT molecular complexity index is 346. The van der Waals surface area contributed by atoms with E-state index in [-0.39, 0.29) is 11.9 Å². The Kier molecular flexibility index (Phi) is 4.03. The van der Waals surface area contributed by atoms with Crippen molar-refractivity contribution in [1.29, 1.82) is 0 Å². The first kappa shape index (κ1) is 12.4. The minimum atomic E-state index is 0.0112. The number of allylic oxidation sites excluding steroid dienone is 4. The monoisotopic (exact) mass is 234 g/mol. The first-order valence-corrected chi connectivity index (χ1v) is 6.71. The van der Waals surface area contributed by atoms with Crippen LogP contribution in [-0.4, -0.2) is 12.6 Å². The van der Waals surface area contributed by atoms with E-state index in [1.807, 2.05) is 6.92 Å². The minimum absolute atomic E-state index is 0.0112. The highest BCUT2D eigenvalue weighted by Crippen LogP contribution is 2.40. The van der Waals surface area contributed by atoms with Crippen LogP contribution in [0.3, 0.4) is 0 Å². The normalized spacial score (nSPS) is 27.9. The standard InChI is InChI=1S/C15H22O2/c1-3-17-15(16)14-9-13(10-14)8-12-6-4-11(2)5-7-12/h4,6,13-14H,3,5,7-10H2,1-2H3. The van der Waals surface area contributed by atoms with Crippen molar-refractivity contribution in [3.8, 4) is 0 Å². The van der Waals surface area contributed by atoms with Crippen LogP contribution >= 0.6 is 0 Å². The van der Waals surface area contributed by atoms with Crippen LogP contribution in [0.2, 0.25) is 0 Å². The summed E-state index contributed by atoms with van der Waals surface area (Å²) in [5.74, 6) is 0.904. The molecule has 17 heavy (non-hydrogen) atoms. The van der Waals surface area contributed by atoms with Gasteiger partial charge in [0.25, 0.3) is 0 Å². The highest BCUT2D eigenvalue weighted by Gasteiger charge is 2.35. The quantitative estimate of drug-likeness (QED) is 0.694. The van der Waals surface area contributed by atoms with Crippen LogP contribution in [-0.2, 0) is 9.53 Å². The molecule has 2 aliphatic carbocycles. The lowest BCUT2D eigenvalue weighted by Crippen LogP contribution is -2.32. The van der Waals surface area contributed by atoms with Gasteiger partial charge in [-0.1, -0.05) is 23.3 Å². The number of esters is 1. The van der Waals surface area contributed by atoms with Gasteiger partial charge in [0.1, 0.15) is 0 Å². The molecule has 2 rings (SSSR count). The van der Waals surface area contributed by atoms with E-state index < -0.39 is 0 Å². The molecule has 2 aliphatic rings. The maximum Gasteiger partial charge on any atom is 0.308 e. The van der Waals surface area contributed by atoms with E-state index in [9.17, 15) is 4.79 Å². The molecule has 0 amide bonds. The van der Waals surface area contributed by atoms with Crippen LogP contribution in [0.25, 0.3) is 0 Å². The number of rotatable bonds is 4. The molecule has 0 atom stereocenters. The lowest BCUT2D eigenvalue weighted by molar-refractivity contribution is -0.152. The second-order valence-corrected chi connectivity index (χ2v) is 5.33. The van der Waals surface area contributed by atoms with Crippen LogP contribution in [0.4, 0.5) is 0 Å². The summed E-state index contributed by atoms with van der Waals surface area (Å²) in [6, 6.07) is 0. The molecule has 0 radical (unpaired) electrons. The van der Waals surface area contributed by atoms with E-state index in [0.717, 1.165) is 12.8 Å². The molecular weight excluding hydrogens is 212 g/mol. The van der Waals surface area contributed by atoms with Crippen LogP contribution < -0.4 is 0 Å². The highest BCUT2D eigenvalue weighted by atomic mass is 16.5. The van der Waals surface area contributed by atoms with Crippen molar-refractivity contribution in [2.24, 2.45) is 11.8 Å². The molecule has 2 nitrogen and oxygen atoms in total. The fourth-order valence-electron chi connectivity index (χ4n) is 2.68. The molecule has 0 saturated heterocycles. The van der Waals surface area contributed by atoms with Gasteiger partial charge in [0, 0.05) is 0 Å². The Labute approximate surface area is 104 Å². The molecule has 0 bridgehead atoms. The van der Waals surface area contributed by atoms with Crippen molar-refractivity contribution in [1.82, 2.24) is 0 Å². The van der Waals surface area contributed by atoms with Gasteiger partial charge in [-0.3, -0.25) is 4.79 Å². The molecule has 2 heteroatoms. The summed E-state index contributed by atoms with van der Waals surface area (Å²) in [4.78, 5) is 11.5. The van der Waals surface area contributed by atoms with E-state index in [1.165, 1.54) is 24.8 Å². The largest absolute Gasteiger partial charge is 0.466 e. The van der Waals surface area contributed by atoms with Gasteiger partial charge in [0.05, 0.1) is 12.5 Å². The fraction of sp³-hybridized carbons (Fsp3) is 0.667. The van der Waals surface area contributed by atoms with Crippen molar-refractivity contribution in [2.75, 3.05) is 6.61 Å². The topological polar surface area (TPSA) is 26.3 Å². The third kappa shape index (κ3) is 3.21. The van der Waals surface area contributed by atoms with Gasteiger partial charge in [-0.05, 0) is 51.9 Å². The third-order valence-corrected chi connectivity index (χ3v) is 3.85. The molecular formula is C15H22O2. The van der Waals surface area contributed by atoms with Crippen molar-refractivity contribution in [2.45, 2.75) is 46.0 Å². The Morgan fingerprint density at radius 3 is 2.71 bits per heavy atom. The van der Waals surface area contributed by atoms with Gasteiger partial charge >= 0.3 is 5.97 Å². The number of ether oxygens (including phenoxy) is 1. The second-order valence-electron chi connectivity index (χ2n) is 5.33. The summed E-state index contributed by atoms with van der Waals surface area (Å²) in [6.45, 7) is 4.57. The van der Waals surface area contributed by atoms with Gasteiger partial charge in [-0.2, -0.15) is 0 Å². The van der Waals surface area contributed by atoms with Crippen molar-refractivity contribution in [3.63, 3.8) is 0 Å². The molecule has 1 fully saturated rings. The summed E-state index contributed by atoms with van der Waals surface area (Å²) in [5.41, 5.74) is 3.04. The minimum Gasteiger partial charge on any atom is -0.466 e. The van der Waals surface area contributed by atoms with Gasteiger partial charge in [0.15, 0.2) is 0 Å². The van der Waals surface area contributed by atoms with Crippen LogP contribution in [0.5, 0.6) is 0 Å². The zero-order valence-corrected chi connectivity index (χ0v) is 10.9. The average Bonchev–Trinajstić information content (AvgIpc) is 2.25. The van der Waals surface area contributed by atoms with Crippen LogP contribution in [0.15, 0.2) is 23.3 Å². The molecule has 0 spiro atoms. The molecule has 94 valence electrons. The van der Waals surface area contributed by atoms with E-state index in [2.05, 4.69) is 19.1 Å². The molecule has 1 saturated carbocycles. The first-order chi connectivity index (χ1) is 8.19. The van der Waals surface area contributed by atoms with Crippen molar-refractivity contribution < 1.29 is 9.53 Å². The summed E-state index contributed by atoms with van der Waals surface area (Å²) in [7, 11) is 0. The van der Waals surface area contributed by atoms with Crippen LogP contribution in [0, 0.1) is 11.8 Å². The van der Waals surface area contributed by atoms with E-state index in [0.29, 0.717) is 12.5 Å². The SMILES string of the molecule is CCOC(=O)C1CC(CC2=CC=C(C)CC2)C1. The van der Waals surface area contributed by atoms with Gasteiger partial charge in [-0.25, -0.2) is 0 Å². The zero-order chi connectivity index (χ0) is 12.3. The molecule has 0 aromatic rings. The average molecular weight is 234 g/mol. The van der Waals surface area contributed by atoms with E-state index in [1.54, 1.807) is 5.57 Å². The van der Waals surface area contributed by atoms with Gasteiger partial charge < -0.3 is 4.74 Å². The highest BCUT2D eigenvalue weighted by molar-refractivity contribution is 5.73. The molecule has 0 aromatic carbocycles. The number of carbonyl (C=O) groups excluding carboxylic acids is 1. The molecule has 0 N–H and O–H groups in total. The first-order valence-electron chi connectivity index (χ1n) is 6.71. The number of hydrogen-bond acceptors (Lipinski definition) is 2. The Morgan fingerprint density at radius 1 is 1.35 bits per heavy atom. The lowest BCUT2D eigenvalue weighted by Gasteiger charge is -2.34. The van der Waals surface area contributed by atoms with Gasteiger partial charge in [-0.15, -0.1) is 0 Å². The summed E-state index contributed by atoms with van der Waals surface area (Å²) < 4.78 is 5.04. The van der Waals surface area contributed by atoms with Gasteiger partial charge in [0.2, 0.25) is 0 Å². The Hall–Kier alpha value is -1.05. The maximum atomic E-state index is 11.5. The molecule has 0 heterocycles. The number of hydrogen-bond donors (Lipinski definition) is 0. The summed E-state index contributed by atoms with van der Waals surface area (Å²) in [6.07, 6.45) is 10.2. The number of carbonyl (C=O) groups is 1. The lowest BCUT2D eigenvalue weighted by atomic mass is 9.71. The Morgan fingerprint density at radius 2 is 2.12 bits per heavy atom. The predicted molar refractivity (Wildman–Crippen MR) is 68.5 cm³/mol. The van der Waals surface area contributed by atoms with Crippen LogP contribution in [0.1, 0.15) is 46.0 Å².